The topological polar surface area (TPSA) is 0 Å². The molecular formula is C10H17Cl. The van der Waals surface area contributed by atoms with E-state index in [0.29, 0.717) is 5.41 Å². The third-order valence-electron chi connectivity index (χ3n) is 4.48. The van der Waals surface area contributed by atoms with Crippen molar-refractivity contribution in [3.8, 4) is 0 Å². The summed E-state index contributed by atoms with van der Waals surface area (Å²) in [5.74, 6) is 1.69. The standard InChI is InChI=1S/C10H17Cl/c1-9(2)7-4-5-8(6-7)10(9,3)11/h7-8H,4-6H2,1-3H3/t7-,8+,10-/m1/s1. The average molecular weight is 173 g/mol. The summed E-state index contributed by atoms with van der Waals surface area (Å²) in [6.45, 7) is 6.91. The van der Waals surface area contributed by atoms with E-state index < -0.39 is 0 Å². The van der Waals surface area contributed by atoms with Crippen molar-refractivity contribution in [2.45, 2.75) is 44.9 Å². The van der Waals surface area contributed by atoms with Gasteiger partial charge in [0.15, 0.2) is 0 Å². The van der Waals surface area contributed by atoms with Crippen LogP contribution in [0.4, 0.5) is 0 Å². The molecule has 1 heteroatoms. The second kappa shape index (κ2) is 1.96. The molecule has 0 aromatic rings. The zero-order valence-corrected chi connectivity index (χ0v) is 8.41. The highest BCUT2D eigenvalue weighted by molar-refractivity contribution is 6.24. The van der Waals surface area contributed by atoms with E-state index in [1.54, 1.807) is 0 Å². The van der Waals surface area contributed by atoms with Crippen molar-refractivity contribution in [3.63, 3.8) is 0 Å². The van der Waals surface area contributed by atoms with Crippen LogP contribution in [-0.4, -0.2) is 4.87 Å². The molecule has 2 bridgehead atoms. The fourth-order valence-electron chi connectivity index (χ4n) is 3.05. The Bertz CT molecular complexity index is 161. The highest BCUT2D eigenvalue weighted by Crippen LogP contribution is 2.64. The molecule has 0 aromatic carbocycles. The fraction of sp³-hybridized carbons (Fsp3) is 1.00. The van der Waals surface area contributed by atoms with Crippen LogP contribution in [0.25, 0.3) is 0 Å². The van der Waals surface area contributed by atoms with Crippen LogP contribution in [0.2, 0.25) is 0 Å². The van der Waals surface area contributed by atoms with Crippen LogP contribution in [0.3, 0.4) is 0 Å². The maximum absolute atomic E-state index is 6.56. The number of hydrogen-bond acceptors (Lipinski definition) is 0. The zero-order valence-electron chi connectivity index (χ0n) is 7.65. The van der Waals surface area contributed by atoms with Crippen molar-refractivity contribution in [2.75, 3.05) is 0 Å². The largest absolute Gasteiger partial charge is 0.119 e. The van der Waals surface area contributed by atoms with Gasteiger partial charge in [0.05, 0.1) is 0 Å². The lowest BCUT2D eigenvalue weighted by molar-refractivity contribution is 0.160. The third kappa shape index (κ3) is 0.771. The lowest BCUT2D eigenvalue weighted by Crippen LogP contribution is -2.41. The Morgan fingerprint density at radius 2 is 1.64 bits per heavy atom. The lowest BCUT2D eigenvalue weighted by atomic mass is 9.69. The first-order valence-electron chi connectivity index (χ1n) is 4.65. The monoisotopic (exact) mass is 172 g/mol. The molecule has 11 heavy (non-hydrogen) atoms. The van der Waals surface area contributed by atoms with E-state index in [4.69, 9.17) is 11.6 Å². The van der Waals surface area contributed by atoms with Crippen LogP contribution in [0.5, 0.6) is 0 Å². The van der Waals surface area contributed by atoms with Crippen molar-refractivity contribution < 1.29 is 0 Å². The summed E-state index contributed by atoms with van der Waals surface area (Å²) in [7, 11) is 0. The van der Waals surface area contributed by atoms with Crippen LogP contribution in [-0.2, 0) is 0 Å². The molecule has 0 N–H and O–H groups in total. The summed E-state index contributed by atoms with van der Waals surface area (Å²) in [6.07, 6.45) is 4.17. The fourth-order valence-corrected chi connectivity index (χ4v) is 3.41. The first kappa shape index (κ1) is 7.91. The van der Waals surface area contributed by atoms with Gasteiger partial charge in [-0.15, -0.1) is 11.6 Å². The Balaban J connectivity index is 2.36. The van der Waals surface area contributed by atoms with Gasteiger partial charge in [-0.1, -0.05) is 13.8 Å². The van der Waals surface area contributed by atoms with E-state index in [1.807, 2.05) is 0 Å². The van der Waals surface area contributed by atoms with Gasteiger partial charge in [0.2, 0.25) is 0 Å². The van der Waals surface area contributed by atoms with E-state index in [2.05, 4.69) is 20.8 Å². The predicted molar refractivity (Wildman–Crippen MR) is 48.9 cm³/mol. The highest BCUT2D eigenvalue weighted by atomic mass is 35.5. The molecule has 3 atom stereocenters. The number of alkyl halides is 1. The van der Waals surface area contributed by atoms with Gasteiger partial charge < -0.3 is 0 Å². The summed E-state index contributed by atoms with van der Waals surface area (Å²) < 4.78 is 0. The lowest BCUT2D eigenvalue weighted by Gasteiger charge is -2.43. The van der Waals surface area contributed by atoms with E-state index in [0.717, 1.165) is 11.8 Å². The SMILES string of the molecule is CC1(C)[C@@H]2CC[C@@H](C2)[C@@]1(C)Cl. The van der Waals surface area contributed by atoms with Gasteiger partial charge in [-0.25, -0.2) is 0 Å². The molecule has 2 fully saturated rings. The number of fused-ring (bicyclic) bond motifs is 2. The van der Waals surface area contributed by atoms with Gasteiger partial charge in [-0.2, -0.15) is 0 Å². The number of hydrogen-bond donors (Lipinski definition) is 0. The van der Waals surface area contributed by atoms with Crippen LogP contribution >= 0.6 is 11.6 Å². The first-order valence-corrected chi connectivity index (χ1v) is 5.03. The second-order valence-electron chi connectivity index (χ2n) is 5.00. The van der Waals surface area contributed by atoms with Crippen LogP contribution in [0, 0.1) is 17.3 Å². The first-order chi connectivity index (χ1) is 4.96. The zero-order chi connectivity index (χ0) is 8.28. The molecule has 2 saturated carbocycles. The average Bonchev–Trinajstić information content (AvgIpc) is 2.37. The summed E-state index contributed by atoms with van der Waals surface area (Å²) in [4.78, 5) is 0.0793. The van der Waals surface area contributed by atoms with Gasteiger partial charge >= 0.3 is 0 Å². The number of halogens is 1. The number of rotatable bonds is 0. The summed E-state index contributed by atoms with van der Waals surface area (Å²) >= 11 is 6.56. The Kier molecular flexibility index (Phi) is 1.41. The molecule has 0 amide bonds. The van der Waals surface area contributed by atoms with Crippen molar-refractivity contribution in [3.05, 3.63) is 0 Å². The highest BCUT2D eigenvalue weighted by Gasteiger charge is 2.59. The van der Waals surface area contributed by atoms with Crippen molar-refractivity contribution in [1.82, 2.24) is 0 Å². The van der Waals surface area contributed by atoms with Crippen LogP contribution < -0.4 is 0 Å². The van der Waals surface area contributed by atoms with E-state index in [1.165, 1.54) is 19.3 Å². The predicted octanol–water partition coefficient (Wildman–Crippen LogP) is 3.44. The summed E-state index contributed by atoms with van der Waals surface area (Å²) in [6, 6.07) is 0. The Labute approximate surface area is 74.3 Å². The molecule has 0 aliphatic heterocycles. The minimum absolute atomic E-state index is 0.0793. The van der Waals surface area contributed by atoms with E-state index >= 15 is 0 Å². The molecule has 0 aromatic heterocycles. The Hall–Kier alpha value is 0.290. The van der Waals surface area contributed by atoms with Crippen LogP contribution in [0.1, 0.15) is 40.0 Å². The molecule has 64 valence electrons. The van der Waals surface area contributed by atoms with Crippen molar-refractivity contribution in [2.24, 2.45) is 17.3 Å². The molecule has 0 nitrogen and oxygen atoms in total. The van der Waals surface area contributed by atoms with Gasteiger partial charge in [0.25, 0.3) is 0 Å². The molecule has 0 saturated heterocycles. The molecule has 2 rings (SSSR count). The molecule has 0 radical (unpaired) electrons. The quantitative estimate of drug-likeness (QED) is 0.491. The molecule has 2 aliphatic rings. The molecule has 0 spiro atoms. The summed E-state index contributed by atoms with van der Waals surface area (Å²) in [5, 5.41) is 0. The van der Waals surface area contributed by atoms with E-state index in [-0.39, 0.29) is 4.87 Å². The molecule has 0 heterocycles. The maximum Gasteiger partial charge on any atom is 0.0500 e. The second-order valence-corrected chi connectivity index (χ2v) is 5.79. The van der Waals surface area contributed by atoms with Crippen molar-refractivity contribution >= 4 is 11.6 Å². The Morgan fingerprint density at radius 1 is 1.09 bits per heavy atom. The smallest absolute Gasteiger partial charge is 0.0500 e. The van der Waals surface area contributed by atoms with Gasteiger partial charge in [0, 0.05) is 4.87 Å². The Morgan fingerprint density at radius 3 is 1.91 bits per heavy atom. The van der Waals surface area contributed by atoms with Crippen LogP contribution in [0.15, 0.2) is 0 Å². The minimum Gasteiger partial charge on any atom is -0.119 e. The maximum atomic E-state index is 6.56. The van der Waals surface area contributed by atoms with Gasteiger partial charge in [0.1, 0.15) is 0 Å². The normalized spacial score (nSPS) is 53.5. The minimum atomic E-state index is 0.0793. The third-order valence-corrected chi connectivity index (χ3v) is 5.28. The van der Waals surface area contributed by atoms with Gasteiger partial charge in [-0.3, -0.25) is 0 Å². The van der Waals surface area contributed by atoms with E-state index in [9.17, 15) is 0 Å². The molecule has 2 aliphatic carbocycles. The molecule has 0 unspecified atom stereocenters. The summed E-state index contributed by atoms with van der Waals surface area (Å²) in [5.41, 5.74) is 0.372. The van der Waals surface area contributed by atoms with Gasteiger partial charge in [-0.05, 0) is 43.4 Å². The molecular weight excluding hydrogens is 156 g/mol. The van der Waals surface area contributed by atoms with Crippen molar-refractivity contribution in [1.29, 1.82) is 0 Å².